The molecule has 35 heavy (non-hydrogen) atoms. The van der Waals surface area contributed by atoms with E-state index in [9.17, 15) is 14.9 Å². The number of nitro benzene ring substituents is 1. The maximum atomic E-state index is 13.1. The average molecular weight is 580 g/mol. The van der Waals surface area contributed by atoms with E-state index in [2.05, 4.69) is 50.3 Å². The van der Waals surface area contributed by atoms with Crippen LogP contribution in [0.25, 0.3) is 11.3 Å². The number of benzene rings is 3. The lowest BCUT2D eigenvalue weighted by atomic mass is 9.99. The minimum absolute atomic E-state index is 0.0539. The Kier molecular flexibility index (Phi) is 6.83. The zero-order chi connectivity index (χ0) is 24.4. The van der Waals surface area contributed by atoms with Gasteiger partial charge in [0.05, 0.1) is 16.2 Å². The molecule has 0 radical (unpaired) electrons. The van der Waals surface area contributed by atoms with Crippen LogP contribution in [-0.2, 0) is 11.3 Å². The van der Waals surface area contributed by atoms with Crippen LogP contribution in [0.15, 0.2) is 66.7 Å². The molecule has 7 nitrogen and oxygen atoms in total. The van der Waals surface area contributed by atoms with E-state index >= 15 is 0 Å². The van der Waals surface area contributed by atoms with Crippen molar-refractivity contribution in [2.45, 2.75) is 25.8 Å². The number of anilines is 2. The van der Waals surface area contributed by atoms with Gasteiger partial charge in [-0.1, -0.05) is 30.7 Å². The van der Waals surface area contributed by atoms with Crippen LogP contribution in [-0.4, -0.2) is 28.8 Å². The molecule has 3 aromatic rings. The van der Waals surface area contributed by atoms with Gasteiger partial charge < -0.3 is 10.6 Å². The van der Waals surface area contributed by atoms with Gasteiger partial charge in [0.1, 0.15) is 0 Å². The second kappa shape index (κ2) is 10.2. The fraction of sp³-hybridized carbons (Fsp3) is 0.222. The topological polar surface area (TPSA) is 87.5 Å². The number of non-ortho nitro benzene ring substituents is 1. The van der Waals surface area contributed by atoms with E-state index in [1.807, 2.05) is 36.4 Å². The fourth-order valence-electron chi connectivity index (χ4n) is 4.63. The van der Waals surface area contributed by atoms with Gasteiger partial charge in [0, 0.05) is 39.2 Å². The van der Waals surface area contributed by atoms with Gasteiger partial charge in [-0.15, -0.1) is 0 Å². The Morgan fingerprint density at radius 3 is 2.40 bits per heavy atom. The molecule has 1 amide bonds. The highest BCUT2D eigenvalue weighted by Crippen LogP contribution is 2.39. The average Bonchev–Trinajstić information content (AvgIpc) is 3.19. The van der Waals surface area contributed by atoms with E-state index in [-0.39, 0.29) is 11.6 Å². The predicted molar refractivity (Wildman–Crippen MR) is 147 cm³/mol. The maximum absolute atomic E-state index is 13.1. The van der Waals surface area contributed by atoms with Crippen molar-refractivity contribution in [2.24, 2.45) is 0 Å². The first-order valence-corrected chi connectivity index (χ1v) is 12.7. The third-order valence-corrected chi connectivity index (χ3v) is 7.14. The van der Waals surface area contributed by atoms with Gasteiger partial charge in [0.25, 0.3) is 11.6 Å². The second-order valence-corrected chi connectivity index (χ2v) is 10.1. The first-order valence-electron chi connectivity index (χ1n) is 11.7. The minimum atomic E-state index is -0.445. The van der Waals surface area contributed by atoms with E-state index in [1.54, 1.807) is 6.07 Å². The third kappa shape index (κ3) is 5.23. The summed E-state index contributed by atoms with van der Waals surface area (Å²) in [6.45, 7) is 3.22. The highest BCUT2D eigenvalue weighted by molar-refractivity contribution is 14.1. The van der Waals surface area contributed by atoms with Gasteiger partial charge in [-0.3, -0.25) is 19.8 Å². The van der Waals surface area contributed by atoms with Gasteiger partial charge in [-0.2, -0.15) is 0 Å². The highest BCUT2D eigenvalue weighted by atomic mass is 127. The number of nitrogens with one attached hydrogen (secondary N) is 2. The molecule has 0 saturated carbocycles. The summed E-state index contributed by atoms with van der Waals surface area (Å²) in [5.74, 6) is -0.289. The number of hydrogen-bond donors (Lipinski definition) is 2. The second-order valence-electron chi connectivity index (χ2n) is 8.86. The summed E-state index contributed by atoms with van der Waals surface area (Å²) in [7, 11) is 0. The summed E-state index contributed by atoms with van der Waals surface area (Å²) in [6, 6.07) is 20.6. The minimum Gasteiger partial charge on any atom is -0.354 e. The summed E-state index contributed by atoms with van der Waals surface area (Å²) in [5.41, 5.74) is 4.96. The van der Waals surface area contributed by atoms with Gasteiger partial charge in [0.2, 0.25) is 0 Å². The number of rotatable bonds is 6. The third-order valence-electron chi connectivity index (χ3n) is 6.42. The Morgan fingerprint density at radius 2 is 1.71 bits per heavy atom. The molecule has 0 spiro atoms. The van der Waals surface area contributed by atoms with E-state index in [1.165, 1.54) is 37.0 Å². The summed E-state index contributed by atoms with van der Waals surface area (Å²) >= 11 is 2.24. The monoisotopic (exact) mass is 580 g/mol. The summed E-state index contributed by atoms with van der Waals surface area (Å²) in [6.07, 6.45) is 3.83. The normalized spacial score (nSPS) is 17.0. The molecule has 1 saturated heterocycles. The van der Waals surface area contributed by atoms with E-state index in [0.29, 0.717) is 22.5 Å². The molecule has 0 bridgehead atoms. The van der Waals surface area contributed by atoms with Crippen molar-refractivity contribution in [3.8, 4) is 0 Å². The largest absolute Gasteiger partial charge is 0.354 e. The SMILES string of the molecule is O=C1Nc2ccc([N+](=O)[O-])cc2/C1=C(/Nc1ccc(CN2CCCCC2)cc1)c1ccc(I)cc1. The van der Waals surface area contributed by atoms with Gasteiger partial charge in [0.15, 0.2) is 0 Å². The number of likely N-dealkylation sites (tertiary alicyclic amines) is 1. The highest BCUT2D eigenvalue weighted by Gasteiger charge is 2.30. The maximum Gasteiger partial charge on any atom is 0.270 e. The Bertz CT molecular complexity index is 1300. The van der Waals surface area contributed by atoms with Crippen molar-refractivity contribution in [3.63, 3.8) is 0 Å². The predicted octanol–water partition coefficient (Wildman–Crippen LogP) is 6.12. The number of amides is 1. The fourth-order valence-corrected chi connectivity index (χ4v) is 4.99. The van der Waals surface area contributed by atoms with Crippen molar-refractivity contribution in [3.05, 3.63) is 97.1 Å². The van der Waals surface area contributed by atoms with Crippen LogP contribution in [0.5, 0.6) is 0 Å². The molecule has 0 atom stereocenters. The number of piperidine rings is 1. The first-order chi connectivity index (χ1) is 17.0. The van der Waals surface area contributed by atoms with Crippen molar-refractivity contribution < 1.29 is 9.72 Å². The van der Waals surface area contributed by atoms with Crippen LogP contribution in [0.1, 0.15) is 36.0 Å². The molecule has 5 rings (SSSR count). The number of nitrogens with zero attached hydrogens (tertiary/aromatic N) is 2. The Labute approximate surface area is 217 Å². The summed E-state index contributed by atoms with van der Waals surface area (Å²) < 4.78 is 1.07. The zero-order valence-electron chi connectivity index (χ0n) is 19.1. The molecular weight excluding hydrogens is 555 g/mol. The Hall–Kier alpha value is -3.24. The molecule has 2 aliphatic heterocycles. The van der Waals surface area contributed by atoms with Crippen LogP contribution < -0.4 is 10.6 Å². The lowest BCUT2D eigenvalue weighted by Crippen LogP contribution is -2.29. The number of fused-ring (bicyclic) bond motifs is 1. The Morgan fingerprint density at radius 1 is 1.00 bits per heavy atom. The molecule has 2 aliphatic rings. The van der Waals surface area contributed by atoms with Gasteiger partial charge in [-0.25, -0.2) is 0 Å². The van der Waals surface area contributed by atoms with Gasteiger partial charge in [-0.05, 0) is 90.0 Å². The number of carbonyl (C=O) groups excluding carboxylic acids is 1. The molecule has 3 aromatic carbocycles. The zero-order valence-corrected chi connectivity index (χ0v) is 21.2. The smallest absolute Gasteiger partial charge is 0.270 e. The lowest BCUT2D eigenvalue weighted by Gasteiger charge is -2.26. The van der Waals surface area contributed by atoms with Gasteiger partial charge >= 0.3 is 0 Å². The van der Waals surface area contributed by atoms with Crippen molar-refractivity contribution in [1.29, 1.82) is 0 Å². The number of nitro groups is 1. The molecule has 0 aromatic heterocycles. The van der Waals surface area contributed by atoms with Crippen LogP contribution in [0.2, 0.25) is 0 Å². The van der Waals surface area contributed by atoms with Crippen LogP contribution >= 0.6 is 22.6 Å². The van der Waals surface area contributed by atoms with E-state index in [0.717, 1.165) is 34.5 Å². The Balaban J connectivity index is 1.51. The quantitative estimate of drug-likeness (QED) is 0.159. The number of carbonyl (C=O) groups is 1. The van der Waals surface area contributed by atoms with Crippen LogP contribution in [0.3, 0.4) is 0 Å². The molecule has 0 unspecified atom stereocenters. The van der Waals surface area contributed by atoms with Crippen molar-refractivity contribution in [2.75, 3.05) is 23.7 Å². The summed E-state index contributed by atoms with van der Waals surface area (Å²) in [4.78, 5) is 26.5. The summed E-state index contributed by atoms with van der Waals surface area (Å²) in [5, 5.41) is 17.7. The number of hydrogen-bond acceptors (Lipinski definition) is 5. The molecular formula is C27H25IN4O3. The number of halogens is 1. The lowest BCUT2D eigenvalue weighted by molar-refractivity contribution is -0.384. The molecule has 2 heterocycles. The van der Waals surface area contributed by atoms with Crippen molar-refractivity contribution >= 4 is 56.8 Å². The van der Waals surface area contributed by atoms with Crippen LogP contribution in [0, 0.1) is 13.7 Å². The van der Waals surface area contributed by atoms with E-state index < -0.39 is 4.92 Å². The van der Waals surface area contributed by atoms with Crippen LogP contribution in [0.4, 0.5) is 17.1 Å². The first kappa shape index (κ1) is 23.5. The molecule has 0 aliphatic carbocycles. The standard InChI is InChI=1S/C27H25IN4O3/c28-20-8-6-19(7-9-20)26(25-23-16-22(32(34)35)12-13-24(23)30-27(25)33)29-21-10-4-18(5-11-21)17-31-14-2-1-3-15-31/h4-13,16,29H,1-3,14-15,17H2,(H,30,33)/b26-25-. The molecule has 8 heteroatoms. The molecule has 178 valence electrons. The van der Waals surface area contributed by atoms with Crippen molar-refractivity contribution in [1.82, 2.24) is 4.90 Å². The van der Waals surface area contributed by atoms with E-state index in [4.69, 9.17) is 0 Å². The molecule has 1 fully saturated rings. The molecule has 2 N–H and O–H groups in total.